The number of carboxylic acid groups (broad SMARTS) is 1. The quantitative estimate of drug-likeness (QED) is 0.796. The first kappa shape index (κ1) is 19.4. The number of hydrogen-bond acceptors (Lipinski definition) is 3. The lowest BCUT2D eigenvalue weighted by Gasteiger charge is -2.36. The van der Waals surface area contributed by atoms with Gasteiger partial charge in [-0.1, -0.05) is 35.9 Å². The fourth-order valence-corrected chi connectivity index (χ4v) is 3.69. The van der Waals surface area contributed by atoms with Crippen molar-refractivity contribution in [2.45, 2.75) is 24.7 Å². The van der Waals surface area contributed by atoms with E-state index in [9.17, 15) is 9.59 Å². The minimum atomic E-state index is -0.956. The van der Waals surface area contributed by atoms with Crippen LogP contribution in [0.3, 0.4) is 0 Å². The Morgan fingerprint density at radius 1 is 1.11 bits per heavy atom. The molecule has 1 saturated heterocycles. The van der Waals surface area contributed by atoms with Gasteiger partial charge in [-0.05, 0) is 54.7 Å². The molecule has 6 heteroatoms. The van der Waals surface area contributed by atoms with Crippen LogP contribution < -0.4 is 5.32 Å². The Morgan fingerprint density at radius 3 is 2.56 bits per heavy atom. The SMILES string of the molecule is O=C(O)c1cccc(CCNC(=O)C2(c3cccc(Cl)c3)CCOCC2)c1. The largest absolute Gasteiger partial charge is 0.478 e. The van der Waals surface area contributed by atoms with Crippen molar-refractivity contribution in [2.24, 2.45) is 0 Å². The standard InChI is InChI=1S/C21H22ClNO4/c22-18-6-2-5-17(14-18)21(8-11-27-12-9-21)20(26)23-10-7-15-3-1-4-16(13-15)19(24)25/h1-6,13-14H,7-12H2,(H,23,26)(H,24,25). The maximum absolute atomic E-state index is 13.1. The number of carbonyl (C=O) groups is 2. The van der Waals surface area contributed by atoms with Crippen LogP contribution in [0, 0.1) is 0 Å². The van der Waals surface area contributed by atoms with Crippen molar-refractivity contribution in [3.8, 4) is 0 Å². The van der Waals surface area contributed by atoms with Gasteiger partial charge in [0.25, 0.3) is 0 Å². The van der Waals surface area contributed by atoms with Gasteiger partial charge in [-0.3, -0.25) is 4.79 Å². The maximum Gasteiger partial charge on any atom is 0.335 e. The van der Waals surface area contributed by atoms with Gasteiger partial charge >= 0.3 is 5.97 Å². The van der Waals surface area contributed by atoms with Crippen LogP contribution in [-0.4, -0.2) is 36.7 Å². The molecule has 0 atom stereocenters. The summed E-state index contributed by atoms with van der Waals surface area (Å²) in [7, 11) is 0. The summed E-state index contributed by atoms with van der Waals surface area (Å²) < 4.78 is 5.47. The highest BCUT2D eigenvalue weighted by Gasteiger charge is 2.41. The molecule has 1 amide bonds. The van der Waals surface area contributed by atoms with Gasteiger partial charge in [0.2, 0.25) is 5.91 Å². The van der Waals surface area contributed by atoms with Crippen molar-refractivity contribution in [2.75, 3.05) is 19.8 Å². The number of amides is 1. The third-order valence-electron chi connectivity index (χ3n) is 5.03. The number of halogens is 1. The third-order valence-corrected chi connectivity index (χ3v) is 5.27. The molecule has 3 rings (SSSR count). The topological polar surface area (TPSA) is 75.6 Å². The highest BCUT2D eigenvalue weighted by atomic mass is 35.5. The Kier molecular flexibility index (Phi) is 6.14. The second-order valence-electron chi connectivity index (χ2n) is 6.72. The van der Waals surface area contributed by atoms with E-state index in [1.165, 1.54) is 0 Å². The number of hydrogen-bond donors (Lipinski definition) is 2. The highest BCUT2D eigenvalue weighted by molar-refractivity contribution is 6.30. The van der Waals surface area contributed by atoms with Crippen LogP contribution in [0.15, 0.2) is 48.5 Å². The molecule has 27 heavy (non-hydrogen) atoms. The van der Waals surface area contributed by atoms with Crippen molar-refractivity contribution >= 4 is 23.5 Å². The highest BCUT2D eigenvalue weighted by Crippen LogP contribution is 2.36. The van der Waals surface area contributed by atoms with Crippen molar-refractivity contribution in [3.05, 3.63) is 70.2 Å². The zero-order valence-electron chi connectivity index (χ0n) is 14.9. The molecule has 1 aliphatic heterocycles. The Labute approximate surface area is 163 Å². The number of aromatic carboxylic acids is 1. The zero-order chi connectivity index (χ0) is 19.3. The van der Waals surface area contributed by atoms with Gasteiger partial charge in [-0.15, -0.1) is 0 Å². The van der Waals surface area contributed by atoms with E-state index in [1.54, 1.807) is 24.3 Å². The molecule has 2 N–H and O–H groups in total. The Hall–Kier alpha value is -2.37. The first-order chi connectivity index (χ1) is 13.0. The average molecular weight is 388 g/mol. The predicted octanol–water partition coefficient (Wildman–Crippen LogP) is 3.45. The van der Waals surface area contributed by atoms with Crippen molar-refractivity contribution in [1.29, 1.82) is 0 Å². The van der Waals surface area contributed by atoms with Gasteiger partial charge in [-0.25, -0.2) is 4.79 Å². The fourth-order valence-electron chi connectivity index (χ4n) is 3.50. The van der Waals surface area contributed by atoms with E-state index in [2.05, 4.69) is 5.32 Å². The minimum absolute atomic E-state index is 0.0394. The molecule has 0 bridgehead atoms. The number of nitrogens with one attached hydrogen (secondary N) is 1. The first-order valence-corrected chi connectivity index (χ1v) is 9.33. The Morgan fingerprint density at radius 2 is 1.85 bits per heavy atom. The molecule has 0 spiro atoms. The second kappa shape index (κ2) is 8.55. The molecule has 2 aromatic rings. The van der Waals surface area contributed by atoms with Crippen LogP contribution in [0.5, 0.6) is 0 Å². The van der Waals surface area contributed by atoms with Gasteiger partial charge in [0.1, 0.15) is 0 Å². The summed E-state index contributed by atoms with van der Waals surface area (Å²) >= 11 is 6.14. The number of carbonyl (C=O) groups excluding carboxylic acids is 1. The monoisotopic (exact) mass is 387 g/mol. The molecule has 0 unspecified atom stereocenters. The van der Waals surface area contributed by atoms with Gasteiger partial charge in [0.05, 0.1) is 11.0 Å². The summed E-state index contributed by atoms with van der Waals surface area (Å²) in [6.45, 7) is 1.49. The molecule has 0 aliphatic carbocycles. The molecule has 5 nitrogen and oxygen atoms in total. The molecule has 142 valence electrons. The van der Waals surface area contributed by atoms with Crippen LogP contribution in [0.25, 0.3) is 0 Å². The normalized spacial score (nSPS) is 15.9. The van der Waals surface area contributed by atoms with Crippen LogP contribution in [-0.2, 0) is 21.4 Å². The Balaban J connectivity index is 1.70. The van der Waals surface area contributed by atoms with E-state index in [0.717, 1.165) is 11.1 Å². The lowest BCUT2D eigenvalue weighted by molar-refractivity contribution is -0.130. The maximum atomic E-state index is 13.1. The van der Waals surface area contributed by atoms with Crippen LogP contribution in [0.4, 0.5) is 0 Å². The molecule has 0 radical (unpaired) electrons. The van der Waals surface area contributed by atoms with Gasteiger partial charge in [0, 0.05) is 24.8 Å². The molecule has 2 aromatic carbocycles. The molecule has 0 aromatic heterocycles. The van der Waals surface area contributed by atoms with Crippen molar-refractivity contribution < 1.29 is 19.4 Å². The molecule has 1 aliphatic rings. The van der Waals surface area contributed by atoms with E-state index in [4.69, 9.17) is 21.4 Å². The zero-order valence-corrected chi connectivity index (χ0v) is 15.7. The number of ether oxygens (including phenoxy) is 1. The first-order valence-electron chi connectivity index (χ1n) is 8.96. The molecule has 1 heterocycles. The van der Waals surface area contributed by atoms with E-state index >= 15 is 0 Å². The third kappa shape index (κ3) is 4.49. The smallest absolute Gasteiger partial charge is 0.335 e. The van der Waals surface area contributed by atoms with Gasteiger partial charge in [-0.2, -0.15) is 0 Å². The van der Waals surface area contributed by atoms with Crippen molar-refractivity contribution in [1.82, 2.24) is 5.32 Å². The molecule has 0 saturated carbocycles. The summed E-state index contributed by atoms with van der Waals surface area (Å²) in [4.78, 5) is 24.2. The summed E-state index contributed by atoms with van der Waals surface area (Å²) in [6.07, 6.45) is 1.77. The van der Waals surface area contributed by atoms with Gasteiger partial charge < -0.3 is 15.2 Å². The van der Waals surface area contributed by atoms with Crippen LogP contribution in [0.2, 0.25) is 5.02 Å². The van der Waals surface area contributed by atoms with Crippen LogP contribution in [0.1, 0.15) is 34.3 Å². The van der Waals surface area contributed by atoms with Crippen LogP contribution >= 0.6 is 11.6 Å². The Bertz CT molecular complexity index is 830. The number of carboxylic acids is 1. The summed E-state index contributed by atoms with van der Waals surface area (Å²) in [6, 6.07) is 14.2. The summed E-state index contributed by atoms with van der Waals surface area (Å²) in [5, 5.41) is 12.7. The number of rotatable bonds is 6. The predicted molar refractivity (Wildman–Crippen MR) is 103 cm³/mol. The molecular formula is C21H22ClNO4. The summed E-state index contributed by atoms with van der Waals surface area (Å²) in [5.74, 6) is -0.995. The summed E-state index contributed by atoms with van der Waals surface area (Å²) in [5.41, 5.74) is 1.38. The lowest BCUT2D eigenvalue weighted by Crippen LogP contribution is -2.48. The van der Waals surface area contributed by atoms with E-state index in [-0.39, 0.29) is 11.5 Å². The minimum Gasteiger partial charge on any atom is -0.478 e. The van der Waals surface area contributed by atoms with Crippen molar-refractivity contribution in [3.63, 3.8) is 0 Å². The molecule has 1 fully saturated rings. The average Bonchev–Trinajstić information content (AvgIpc) is 2.68. The lowest BCUT2D eigenvalue weighted by atomic mass is 9.73. The van der Waals surface area contributed by atoms with E-state index in [0.29, 0.717) is 44.0 Å². The molecular weight excluding hydrogens is 366 g/mol. The van der Waals surface area contributed by atoms with Gasteiger partial charge in [0.15, 0.2) is 0 Å². The van der Waals surface area contributed by atoms with E-state index in [1.807, 2.05) is 24.3 Å². The van der Waals surface area contributed by atoms with E-state index < -0.39 is 11.4 Å². The fraction of sp³-hybridized carbons (Fsp3) is 0.333. The second-order valence-corrected chi connectivity index (χ2v) is 7.15. The number of benzene rings is 2.